The molecule has 1 unspecified atom stereocenters. The Morgan fingerprint density at radius 2 is 1.79 bits per heavy atom. The van der Waals surface area contributed by atoms with E-state index in [-0.39, 0.29) is 11.9 Å². The summed E-state index contributed by atoms with van der Waals surface area (Å²) in [6.45, 7) is 0. The van der Waals surface area contributed by atoms with Crippen molar-refractivity contribution in [3.05, 3.63) is 68.9 Å². The average molecular weight is 343 g/mol. The van der Waals surface area contributed by atoms with Crippen molar-refractivity contribution in [2.24, 2.45) is 5.73 Å². The summed E-state index contributed by atoms with van der Waals surface area (Å²) < 4.78 is 14.0. The second-order valence-electron chi connectivity index (χ2n) is 4.53. The van der Waals surface area contributed by atoms with E-state index in [0.29, 0.717) is 11.4 Å². The van der Waals surface area contributed by atoms with Gasteiger partial charge >= 0.3 is 0 Å². The Morgan fingerprint density at radius 1 is 1.11 bits per heavy atom. The fourth-order valence-electron chi connectivity index (χ4n) is 1.97. The summed E-state index contributed by atoms with van der Waals surface area (Å²) in [7, 11) is 0. The fraction of sp³-hybridized carbons (Fsp3) is 0.200. The molecule has 0 radical (unpaired) electrons. The summed E-state index contributed by atoms with van der Waals surface area (Å²) >= 11 is 9.39. The Hall–Kier alpha value is -0.900. The number of rotatable bonds is 4. The Bertz CT molecular complexity index is 557. The van der Waals surface area contributed by atoms with Gasteiger partial charge in [-0.15, -0.1) is 0 Å². The van der Waals surface area contributed by atoms with Gasteiger partial charge in [0.25, 0.3) is 0 Å². The van der Waals surface area contributed by atoms with Crippen LogP contribution >= 0.6 is 27.5 Å². The third kappa shape index (κ3) is 4.30. The van der Waals surface area contributed by atoms with E-state index in [1.807, 2.05) is 24.3 Å². The third-order valence-corrected chi connectivity index (χ3v) is 3.79. The minimum Gasteiger partial charge on any atom is -0.327 e. The molecule has 100 valence electrons. The highest BCUT2D eigenvalue weighted by Gasteiger charge is 2.09. The van der Waals surface area contributed by atoms with Crippen molar-refractivity contribution < 1.29 is 4.39 Å². The van der Waals surface area contributed by atoms with Crippen LogP contribution < -0.4 is 5.73 Å². The predicted octanol–water partition coefficient (Wildman–Crippen LogP) is 4.35. The van der Waals surface area contributed by atoms with Crippen molar-refractivity contribution in [3.8, 4) is 0 Å². The van der Waals surface area contributed by atoms with Gasteiger partial charge in [-0.25, -0.2) is 4.39 Å². The minimum atomic E-state index is -0.324. The molecule has 0 spiro atoms. The highest BCUT2D eigenvalue weighted by Crippen LogP contribution is 2.19. The highest BCUT2D eigenvalue weighted by atomic mass is 79.9. The first kappa shape index (κ1) is 14.5. The van der Waals surface area contributed by atoms with Gasteiger partial charge in [0, 0.05) is 15.5 Å². The van der Waals surface area contributed by atoms with Crippen LogP contribution in [0, 0.1) is 5.82 Å². The van der Waals surface area contributed by atoms with Crippen LogP contribution in [-0.2, 0) is 12.8 Å². The first-order chi connectivity index (χ1) is 9.04. The van der Waals surface area contributed by atoms with Crippen LogP contribution in [0.4, 0.5) is 4.39 Å². The van der Waals surface area contributed by atoms with E-state index in [2.05, 4.69) is 15.9 Å². The molecule has 1 atom stereocenters. The Morgan fingerprint density at radius 3 is 2.42 bits per heavy atom. The molecule has 0 aromatic heterocycles. The van der Waals surface area contributed by atoms with Crippen LogP contribution in [-0.4, -0.2) is 6.04 Å². The number of halogens is 3. The van der Waals surface area contributed by atoms with E-state index in [1.165, 1.54) is 17.7 Å². The molecule has 1 nitrogen and oxygen atoms in total. The molecule has 0 aliphatic carbocycles. The van der Waals surface area contributed by atoms with Crippen molar-refractivity contribution >= 4 is 27.5 Å². The van der Waals surface area contributed by atoms with E-state index in [0.717, 1.165) is 16.5 Å². The van der Waals surface area contributed by atoms with Crippen LogP contribution in [0.25, 0.3) is 0 Å². The van der Waals surface area contributed by atoms with Crippen molar-refractivity contribution in [3.63, 3.8) is 0 Å². The maximum atomic E-state index is 12.9. The molecule has 0 heterocycles. The smallest absolute Gasteiger partial charge is 0.124 e. The molecule has 0 bridgehead atoms. The predicted molar refractivity (Wildman–Crippen MR) is 80.9 cm³/mol. The summed E-state index contributed by atoms with van der Waals surface area (Å²) in [6.07, 6.45) is 1.40. The molecular formula is C15H14BrClFN. The maximum Gasteiger partial charge on any atom is 0.124 e. The first-order valence-corrected chi connectivity index (χ1v) is 7.15. The van der Waals surface area contributed by atoms with Gasteiger partial charge in [0.15, 0.2) is 0 Å². The lowest BCUT2D eigenvalue weighted by Gasteiger charge is -2.13. The van der Waals surface area contributed by atoms with Gasteiger partial charge in [0.1, 0.15) is 5.82 Å². The zero-order valence-electron chi connectivity index (χ0n) is 10.2. The lowest BCUT2D eigenvalue weighted by Crippen LogP contribution is -2.25. The van der Waals surface area contributed by atoms with Crippen LogP contribution in [0.5, 0.6) is 0 Å². The molecule has 2 N–H and O–H groups in total. The second kappa shape index (κ2) is 6.51. The summed E-state index contributed by atoms with van der Waals surface area (Å²) in [6, 6.07) is 12.5. The third-order valence-electron chi connectivity index (χ3n) is 2.91. The van der Waals surface area contributed by atoms with Crippen LogP contribution in [0.3, 0.4) is 0 Å². The van der Waals surface area contributed by atoms with Gasteiger partial charge in [-0.2, -0.15) is 0 Å². The summed E-state index contributed by atoms with van der Waals surface area (Å²) in [5, 5.41) is 0.436. The lowest BCUT2D eigenvalue weighted by atomic mass is 10.00. The highest BCUT2D eigenvalue weighted by molar-refractivity contribution is 9.10. The Balaban J connectivity index is 2.01. The zero-order chi connectivity index (χ0) is 13.8. The molecule has 0 aliphatic rings. The van der Waals surface area contributed by atoms with Crippen molar-refractivity contribution in [2.75, 3.05) is 0 Å². The Kier molecular flexibility index (Phi) is 4.97. The van der Waals surface area contributed by atoms with Crippen molar-refractivity contribution in [2.45, 2.75) is 18.9 Å². The number of hydrogen-bond acceptors (Lipinski definition) is 1. The van der Waals surface area contributed by atoms with E-state index >= 15 is 0 Å². The van der Waals surface area contributed by atoms with Crippen LogP contribution in [0.15, 0.2) is 46.9 Å². The Labute approximate surface area is 125 Å². The number of benzene rings is 2. The molecular weight excluding hydrogens is 329 g/mol. The zero-order valence-corrected chi connectivity index (χ0v) is 12.6. The molecule has 2 rings (SSSR count). The standard InChI is InChI=1S/C15H14BrClFN/c16-12-4-1-10(2-5-12)7-14(19)8-11-3-6-13(18)9-15(11)17/h1-6,9,14H,7-8,19H2. The molecule has 0 saturated carbocycles. The lowest BCUT2D eigenvalue weighted by molar-refractivity contribution is 0.623. The van der Waals surface area contributed by atoms with Gasteiger partial charge in [0.2, 0.25) is 0 Å². The molecule has 0 amide bonds. The van der Waals surface area contributed by atoms with E-state index in [1.54, 1.807) is 6.07 Å². The summed E-state index contributed by atoms with van der Waals surface area (Å²) in [5.74, 6) is -0.324. The first-order valence-electron chi connectivity index (χ1n) is 5.98. The average Bonchev–Trinajstić information content (AvgIpc) is 2.36. The molecule has 0 aliphatic heterocycles. The minimum absolute atomic E-state index is 0.0378. The normalized spacial score (nSPS) is 12.4. The van der Waals surface area contributed by atoms with Crippen LogP contribution in [0.1, 0.15) is 11.1 Å². The van der Waals surface area contributed by atoms with E-state index in [9.17, 15) is 4.39 Å². The molecule has 0 saturated heterocycles. The van der Waals surface area contributed by atoms with Gasteiger partial charge in [-0.05, 0) is 48.2 Å². The van der Waals surface area contributed by atoms with Gasteiger partial charge in [-0.1, -0.05) is 45.7 Å². The molecule has 0 fully saturated rings. The number of nitrogens with two attached hydrogens (primary N) is 1. The van der Waals surface area contributed by atoms with Gasteiger partial charge in [0.05, 0.1) is 0 Å². The molecule has 4 heteroatoms. The van der Waals surface area contributed by atoms with E-state index < -0.39 is 0 Å². The monoisotopic (exact) mass is 341 g/mol. The van der Waals surface area contributed by atoms with Crippen LogP contribution in [0.2, 0.25) is 5.02 Å². The molecule has 2 aromatic carbocycles. The van der Waals surface area contributed by atoms with Crippen molar-refractivity contribution in [1.29, 1.82) is 0 Å². The van der Waals surface area contributed by atoms with Gasteiger partial charge < -0.3 is 5.73 Å². The van der Waals surface area contributed by atoms with Crippen molar-refractivity contribution in [1.82, 2.24) is 0 Å². The summed E-state index contributed by atoms with van der Waals surface area (Å²) in [5.41, 5.74) is 8.18. The number of hydrogen-bond donors (Lipinski definition) is 1. The quantitative estimate of drug-likeness (QED) is 0.878. The fourth-order valence-corrected chi connectivity index (χ4v) is 2.47. The summed E-state index contributed by atoms with van der Waals surface area (Å²) in [4.78, 5) is 0. The largest absolute Gasteiger partial charge is 0.327 e. The topological polar surface area (TPSA) is 26.0 Å². The maximum absolute atomic E-state index is 12.9. The molecule has 2 aromatic rings. The second-order valence-corrected chi connectivity index (χ2v) is 5.85. The molecule has 19 heavy (non-hydrogen) atoms. The van der Waals surface area contributed by atoms with E-state index in [4.69, 9.17) is 17.3 Å². The SMILES string of the molecule is NC(Cc1ccc(Br)cc1)Cc1ccc(F)cc1Cl. The van der Waals surface area contributed by atoms with Gasteiger partial charge in [-0.3, -0.25) is 0 Å².